The third-order valence-corrected chi connectivity index (χ3v) is 3.31. The average Bonchev–Trinajstić information content (AvgIpc) is 2.50. The maximum Gasteiger partial charge on any atom is 0.0723 e. The van der Waals surface area contributed by atoms with E-state index in [9.17, 15) is 0 Å². The molecule has 2 unspecified atom stereocenters. The van der Waals surface area contributed by atoms with E-state index in [1.165, 1.54) is 22.3 Å². The highest BCUT2D eigenvalue weighted by molar-refractivity contribution is 5.50. The van der Waals surface area contributed by atoms with Crippen LogP contribution < -0.4 is 0 Å². The Labute approximate surface area is 85.4 Å². The Bertz CT molecular complexity index is 412. The van der Waals surface area contributed by atoms with Gasteiger partial charge in [-0.3, -0.25) is 0 Å². The van der Waals surface area contributed by atoms with Crippen LogP contribution in [0, 0.1) is 25.2 Å². The molecule has 0 spiro atoms. The fourth-order valence-electron chi connectivity index (χ4n) is 2.68. The fraction of sp³-hybridized carbons (Fsp3) is 0.462. The number of hydrogen-bond donors (Lipinski definition) is 0. The van der Waals surface area contributed by atoms with Crippen LogP contribution in [-0.4, -0.2) is 0 Å². The molecule has 0 bridgehead atoms. The molecule has 0 heterocycles. The number of benzene rings is 1. The first kappa shape index (κ1) is 9.27. The van der Waals surface area contributed by atoms with E-state index in [2.05, 4.69) is 39.0 Å². The highest BCUT2D eigenvalue weighted by atomic mass is 14.4. The van der Waals surface area contributed by atoms with E-state index in [0.717, 1.165) is 6.42 Å². The second-order valence-corrected chi connectivity index (χ2v) is 4.35. The number of nitrogens with zero attached hydrogens (tertiary/aromatic N) is 1. The summed E-state index contributed by atoms with van der Waals surface area (Å²) in [6, 6.07) is 6.73. The molecule has 1 nitrogen and oxygen atoms in total. The second kappa shape index (κ2) is 3.13. The van der Waals surface area contributed by atoms with Crippen molar-refractivity contribution in [3.63, 3.8) is 0 Å². The van der Waals surface area contributed by atoms with Crippen molar-refractivity contribution in [2.75, 3.05) is 0 Å². The van der Waals surface area contributed by atoms with Crippen LogP contribution in [0.25, 0.3) is 0 Å². The summed E-state index contributed by atoms with van der Waals surface area (Å²) in [5.74, 6) is 0.675. The van der Waals surface area contributed by atoms with Gasteiger partial charge in [-0.15, -0.1) is 0 Å². The molecule has 2 atom stereocenters. The highest BCUT2D eigenvalue weighted by Crippen LogP contribution is 2.44. The molecule has 0 saturated carbocycles. The summed E-state index contributed by atoms with van der Waals surface area (Å²) in [7, 11) is 0. The maximum atomic E-state index is 9.10. The van der Waals surface area contributed by atoms with Crippen molar-refractivity contribution < 1.29 is 0 Å². The molecule has 1 aliphatic carbocycles. The van der Waals surface area contributed by atoms with Crippen molar-refractivity contribution in [2.24, 2.45) is 0 Å². The van der Waals surface area contributed by atoms with Gasteiger partial charge in [0.15, 0.2) is 0 Å². The van der Waals surface area contributed by atoms with E-state index in [0.29, 0.717) is 5.92 Å². The summed E-state index contributed by atoms with van der Waals surface area (Å²) in [4.78, 5) is 0. The smallest absolute Gasteiger partial charge is 0.0723 e. The molecule has 2 rings (SSSR count). The Kier molecular flexibility index (Phi) is 2.07. The summed E-state index contributed by atoms with van der Waals surface area (Å²) < 4.78 is 0. The lowest BCUT2D eigenvalue weighted by Crippen LogP contribution is -1.95. The van der Waals surface area contributed by atoms with Crippen LogP contribution in [0.2, 0.25) is 0 Å². The van der Waals surface area contributed by atoms with Crippen LogP contribution in [-0.2, 0) is 0 Å². The van der Waals surface area contributed by atoms with Gasteiger partial charge in [-0.2, -0.15) is 5.26 Å². The van der Waals surface area contributed by atoms with Gasteiger partial charge in [0.25, 0.3) is 0 Å². The van der Waals surface area contributed by atoms with Gasteiger partial charge in [-0.05, 0) is 48.4 Å². The molecule has 1 aliphatic rings. The molecule has 0 N–H and O–H groups in total. The lowest BCUT2D eigenvalue weighted by molar-refractivity contribution is 0.703. The largest absolute Gasteiger partial charge is 0.198 e. The van der Waals surface area contributed by atoms with Gasteiger partial charge in [0.1, 0.15) is 0 Å². The van der Waals surface area contributed by atoms with E-state index in [1.807, 2.05) is 0 Å². The SMILES string of the molecule is Cc1ccc(C)c2c1C(C)CC2C#N. The zero-order valence-electron chi connectivity index (χ0n) is 8.96. The van der Waals surface area contributed by atoms with Crippen molar-refractivity contribution in [3.05, 3.63) is 34.4 Å². The molecule has 1 aromatic carbocycles. The van der Waals surface area contributed by atoms with Gasteiger partial charge in [-0.1, -0.05) is 19.1 Å². The van der Waals surface area contributed by atoms with E-state index in [1.54, 1.807) is 0 Å². The molecule has 0 amide bonds. The lowest BCUT2D eigenvalue weighted by atomic mass is 9.94. The number of aryl methyl sites for hydroxylation is 2. The monoisotopic (exact) mass is 185 g/mol. The first-order valence-corrected chi connectivity index (χ1v) is 5.14. The number of rotatable bonds is 0. The minimum absolute atomic E-state index is 0.125. The van der Waals surface area contributed by atoms with Crippen molar-refractivity contribution >= 4 is 0 Å². The molecule has 0 aliphatic heterocycles. The number of fused-ring (bicyclic) bond motifs is 1. The van der Waals surface area contributed by atoms with Gasteiger partial charge < -0.3 is 0 Å². The molecule has 72 valence electrons. The van der Waals surface area contributed by atoms with Gasteiger partial charge in [0, 0.05) is 0 Å². The maximum absolute atomic E-state index is 9.10. The van der Waals surface area contributed by atoms with Gasteiger partial charge in [-0.25, -0.2) is 0 Å². The zero-order valence-corrected chi connectivity index (χ0v) is 8.96. The predicted molar refractivity (Wildman–Crippen MR) is 57.3 cm³/mol. The quantitative estimate of drug-likeness (QED) is 0.607. The lowest BCUT2D eigenvalue weighted by Gasteiger charge is -2.10. The summed E-state index contributed by atoms with van der Waals surface area (Å²) in [6.45, 7) is 6.48. The average molecular weight is 185 g/mol. The molecular formula is C13H15N. The Hall–Kier alpha value is -1.29. The Morgan fingerprint density at radius 2 is 1.79 bits per heavy atom. The summed E-state index contributed by atoms with van der Waals surface area (Å²) in [5, 5.41) is 9.10. The number of nitriles is 1. The van der Waals surface area contributed by atoms with Crippen LogP contribution >= 0.6 is 0 Å². The van der Waals surface area contributed by atoms with E-state index in [-0.39, 0.29) is 5.92 Å². The predicted octanol–water partition coefficient (Wildman–Crippen LogP) is 3.42. The molecule has 14 heavy (non-hydrogen) atoms. The Morgan fingerprint density at radius 1 is 1.21 bits per heavy atom. The second-order valence-electron chi connectivity index (χ2n) is 4.35. The van der Waals surface area contributed by atoms with Gasteiger partial charge >= 0.3 is 0 Å². The first-order chi connectivity index (χ1) is 6.65. The van der Waals surface area contributed by atoms with Crippen molar-refractivity contribution in [3.8, 4) is 6.07 Å². The van der Waals surface area contributed by atoms with Crippen LogP contribution in [0.1, 0.15) is 47.4 Å². The highest BCUT2D eigenvalue weighted by Gasteiger charge is 2.30. The summed E-state index contributed by atoms with van der Waals surface area (Å²) in [5.41, 5.74) is 5.36. The van der Waals surface area contributed by atoms with E-state index >= 15 is 0 Å². The molecule has 1 heteroatoms. The third-order valence-electron chi connectivity index (χ3n) is 3.31. The normalized spacial score (nSPS) is 24.4. The van der Waals surface area contributed by atoms with Gasteiger partial charge in [0.2, 0.25) is 0 Å². The standard InChI is InChI=1S/C13H15N/c1-8-4-5-9(2)13-11(7-14)6-10(3)12(8)13/h4-5,10-11H,6H2,1-3H3. The molecule has 1 aromatic rings. The Morgan fingerprint density at radius 3 is 2.36 bits per heavy atom. The molecule has 0 radical (unpaired) electrons. The summed E-state index contributed by atoms with van der Waals surface area (Å²) >= 11 is 0. The Balaban J connectivity index is 2.68. The van der Waals surface area contributed by atoms with Crippen molar-refractivity contribution in [1.29, 1.82) is 5.26 Å². The molecule has 0 aromatic heterocycles. The van der Waals surface area contributed by atoms with Crippen LogP contribution in [0.5, 0.6) is 0 Å². The van der Waals surface area contributed by atoms with E-state index < -0.39 is 0 Å². The van der Waals surface area contributed by atoms with Crippen molar-refractivity contribution in [1.82, 2.24) is 0 Å². The number of hydrogen-bond acceptors (Lipinski definition) is 1. The molecule has 0 saturated heterocycles. The minimum atomic E-state index is 0.125. The van der Waals surface area contributed by atoms with Crippen molar-refractivity contribution in [2.45, 2.75) is 39.0 Å². The minimum Gasteiger partial charge on any atom is -0.198 e. The van der Waals surface area contributed by atoms with Gasteiger partial charge in [0.05, 0.1) is 12.0 Å². The topological polar surface area (TPSA) is 23.8 Å². The zero-order chi connectivity index (χ0) is 10.3. The third kappa shape index (κ3) is 1.14. The molecular weight excluding hydrogens is 170 g/mol. The van der Waals surface area contributed by atoms with Crippen LogP contribution in [0.3, 0.4) is 0 Å². The fourth-order valence-corrected chi connectivity index (χ4v) is 2.68. The van der Waals surface area contributed by atoms with E-state index in [4.69, 9.17) is 5.26 Å². The van der Waals surface area contributed by atoms with Crippen LogP contribution in [0.15, 0.2) is 12.1 Å². The molecule has 0 fully saturated rings. The summed E-state index contributed by atoms with van der Waals surface area (Å²) in [6.07, 6.45) is 0.998. The van der Waals surface area contributed by atoms with Crippen LogP contribution in [0.4, 0.5) is 0 Å². The first-order valence-electron chi connectivity index (χ1n) is 5.14.